The summed E-state index contributed by atoms with van der Waals surface area (Å²) in [5.41, 5.74) is 7.08. The Hall–Kier alpha value is -1.23. The molecule has 2 N–H and O–H groups in total. The molecule has 114 valence electrons. The number of rotatable bonds is 5. The van der Waals surface area contributed by atoms with Crippen LogP contribution in [0.5, 0.6) is 5.75 Å². The van der Waals surface area contributed by atoms with Gasteiger partial charge in [0.05, 0.1) is 23.0 Å². The highest BCUT2D eigenvalue weighted by atomic mass is 35.5. The minimum absolute atomic E-state index is 0.178. The molecule has 6 heteroatoms. The predicted octanol–water partition coefficient (Wildman–Crippen LogP) is 4.24. The van der Waals surface area contributed by atoms with Gasteiger partial charge in [-0.1, -0.05) is 29.3 Å². The second kappa shape index (κ2) is 6.69. The quantitative estimate of drug-likeness (QED) is 0.893. The highest BCUT2D eigenvalue weighted by molar-refractivity contribution is 6.31. The molecular weight excluding hydrogens is 309 g/mol. The second-order valence-electron chi connectivity index (χ2n) is 5.22. The van der Waals surface area contributed by atoms with Gasteiger partial charge in [-0.2, -0.15) is 5.10 Å². The minimum atomic E-state index is -0.388. The Morgan fingerprint density at radius 3 is 2.57 bits per heavy atom. The Morgan fingerprint density at radius 1 is 1.24 bits per heavy atom. The number of nitrogens with two attached hydrogens (primary N) is 1. The topological polar surface area (TPSA) is 53.1 Å². The monoisotopic (exact) mass is 327 g/mol. The van der Waals surface area contributed by atoms with E-state index in [2.05, 4.69) is 5.10 Å². The predicted molar refractivity (Wildman–Crippen MR) is 86.1 cm³/mol. The molecule has 0 aliphatic heterocycles. The summed E-state index contributed by atoms with van der Waals surface area (Å²) in [5.74, 6) is 0.678. The fourth-order valence-corrected chi connectivity index (χ4v) is 2.56. The lowest BCUT2D eigenvalue weighted by Crippen LogP contribution is -2.31. The van der Waals surface area contributed by atoms with Crippen molar-refractivity contribution >= 4 is 23.2 Å². The second-order valence-corrected chi connectivity index (χ2v) is 6.07. The maximum atomic E-state index is 6.31. The van der Waals surface area contributed by atoms with Gasteiger partial charge < -0.3 is 10.5 Å². The largest absolute Gasteiger partial charge is 0.489 e. The molecule has 0 saturated heterocycles. The van der Waals surface area contributed by atoms with Gasteiger partial charge in [-0.3, -0.25) is 4.68 Å². The third-order valence-electron chi connectivity index (χ3n) is 3.22. The maximum absolute atomic E-state index is 6.31. The summed E-state index contributed by atoms with van der Waals surface area (Å²) in [6.45, 7) is 5.96. The van der Waals surface area contributed by atoms with Gasteiger partial charge in [-0.25, -0.2) is 0 Å². The smallest absolute Gasteiger partial charge is 0.121 e. The van der Waals surface area contributed by atoms with Crippen molar-refractivity contribution in [2.24, 2.45) is 5.73 Å². The number of nitrogens with zero attached hydrogens (tertiary/aromatic N) is 2. The summed E-state index contributed by atoms with van der Waals surface area (Å²) in [6.07, 6.45) is 1.35. The molecule has 1 aromatic heterocycles. The van der Waals surface area contributed by atoms with E-state index < -0.39 is 0 Å². The third-order valence-corrected chi connectivity index (χ3v) is 3.74. The van der Waals surface area contributed by atoms with Gasteiger partial charge >= 0.3 is 0 Å². The zero-order valence-corrected chi connectivity index (χ0v) is 13.8. The van der Waals surface area contributed by atoms with E-state index in [0.717, 1.165) is 5.69 Å². The maximum Gasteiger partial charge on any atom is 0.121 e. The molecule has 1 aromatic carbocycles. The molecule has 2 rings (SSSR count). The van der Waals surface area contributed by atoms with Crippen molar-refractivity contribution in [3.63, 3.8) is 0 Å². The average molecular weight is 328 g/mol. The summed E-state index contributed by atoms with van der Waals surface area (Å²) in [5, 5.41) is 5.45. The van der Waals surface area contributed by atoms with E-state index in [1.54, 1.807) is 18.3 Å². The van der Waals surface area contributed by atoms with Crippen LogP contribution in [-0.4, -0.2) is 15.9 Å². The lowest BCUT2D eigenvalue weighted by atomic mass is 10.1. The highest BCUT2D eigenvalue weighted by Gasteiger charge is 2.24. The number of benzene rings is 1. The fraction of sp³-hybridized carbons (Fsp3) is 0.400. The molecule has 0 saturated carbocycles. The number of halogens is 2. The van der Waals surface area contributed by atoms with Crippen LogP contribution < -0.4 is 10.5 Å². The van der Waals surface area contributed by atoms with Crippen molar-refractivity contribution in [3.05, 3.63) is 46.2 Å². The molecule has 0 amide bonds. The number of hydrogen-bond acceptors (Lipinski definition) is 3. The Kier molecular flexibility index (Phi) is 5.14. The fourth-order valence-electron chi connectivity index (χ4n) is 2.12. The van der Waals surface area contributed by atoms with Gasteiger partial charge in [0, 0.05) is 11.1 Å². The van der Waals surface area contributed by atoms with E-state index in [4.69, 9.17) is 33.7 Å². The first-order chi connectivity index (χ1) is 9.90. The summed E-state index contributed by atoms with van der Waals surface area (Å²) in [6, 6.07) is 7.02. The molecule has 0 bridgehead atoms. The summed E-state index contributed by atoms with van der Waals surface area (Å²) < 4.78 is 7.69. The lowest BCUT2D eigenvalue weighted by Gasteiger charge is -2.24. The Bertz CT molecular complexity index is 613. The minimum Gasteiger partial charge on any atom is -0.489 e. The van der Waals surface area contributed by atoms with Gasteiger partial charge in [0.2, 0.25) is 0 Å². The van der Waals surface area contributed by atoms with E-state index >= 15 is 0 Å². The number of aromatic nitrogens is 2. The summed E-state index contributed by atoms with van der Waals surface area (Å²) >= 11 is 12.2. The van der Waals surface area contributed by atoms with E-state index in [0.29, 0.717) is 15.8 Å². The standard InChI is InChI=1S/C15H19Cl2N3O/c1-9(2)20-15(13(17)8-19-20)14(18)10(3)21-12-6-4-5-11(16)7-12/h4-10,14H,18H2,1-3H3. The summed E-state index contributed by atoms with van der Waals surface area (Å²) in [4.78, 5) is 0. The van der Waals surface area contributed by atoms with Crippen LogP contribution in [0, 0.1) is 0 Å². The van der Waals surface area contributed by atoms with Crippen LogP contribution in [0.2, 0.25) is 10.0 Å². The first-order valence-corrected chi connectivity index (χ1v) is 7.56. The number of ether oxygens (including phenoxy) is 1. The van der Waals surface area contributed by atoms with Crippen LogP contribution >= 0.6 is 23.2 Å². The van der Waals surface area contributed by atoms with Gasteiger partial charge in [0.1, 0.15) is 11.9 Å². The van der Waals surface area contributed by atoms with E-state index in [1.165, 1.54) is 0 Å². The van der Waals surface area contributed by atoms with Gasteiger partial charge in [-0.15, -0.1) is 0 Å². The average Bonchev–Trinajstić information content (AvgIpc) is 2.80. The zero-order valence-electron chi connectivity index (χ0n) is 12.3. The molecule has 2 aromatic rings. The Balaban J connectivity index is 2.19. The molecule has 0 radical (unpaired) electrons. The molecule has 2 unspecified atom stereocenters. The molecule has 0 spiro atoms. The van der Waals surface area contributed by atoms with Crippen molar-refractivity contribution in [1.29, 1.82) is 0 Å². The van der Waals surface area contributed by atoms with E-state index in [9.17, 15) is 0 Å². The van der Waals surface area contributed by atoms with Crippen molar-refractivity contribution in [2.75, 3.05) is 0 Å². The van der Waals surface area contributed by atoms with Crippen LogP contribution in [-0.2, 0) is 0 Å². The van der Waals surface area contributed by atoms with Gasteiger partial charge in [0.15, 0.2) is 0 Å². The Morgan fingerprint density at radius 2 is 1.95 bits per heavy atom. The van der Waals surface area contributed by atoms with Crippen molar-refractivity contribution in [1.82, 2.24) is 9.78 Å². The van der Waals surface area contributed by atoms with Crippen LogP contribution in [0.3, 0.4) is 0 Å². The molecule has 21 heavy (non-hydrogen) atoms. The SMILES string of the molecule is CC(Oc1cccc(Cl)c1)C(N)c1c(Cl)cnn1C(C)C. The number of hydrogen-bond donors (Lipinski definition) is 1. The molecule has 0 aliphatic rings. The molecule has 2 atom stereocenters. The zero-order chi connectivity index (χ0) is 15.6. The summed E-state index contributed by atoms with van der Waals surface area (Å²) in [7, 11) is 0. The van der Waals surface area contributed by atoms with E-state index in [1.807, 2.05) is 37.6 Å². The molecule has 0 aliphatic carbocycles. The van der Waals surface area contributed by atoms with E-state index in [-0.39, 0.29) is 18.2 Å². The molecular formula is C15H19Cl2N3O. The third kappa shape index (κ3) is 3.70. The molecule has 0 fully saturated rings. The lowest BCUT2D eigenvalue weighted by molar-refractivity contribution is 0.185. The van der Waals surface area contributed by atoms with Crippen LogP contribution in [0.25, 0.3) is 0 Å². The van der Waals surface area contributed by atoms with Gasteiger partial charge in [0.25, 0.3) is 0 Å². The molecule has 4 nitrogen and oxygen atoms in total. The Labute approximate surface area is 134 Å². The highest BCUT2D eigenvalue weighted by Crippen LogP contribution is 2.28. The first kappa shape index (κ1) is 16.1. The van der Waals surface area contributed by atoms with Crippen LogP contribution in [0.15, 0.2) is 30.5 Å². The van der Waals surface area contributed by atoms with Crippen molar-refractivity contribution < 1.29 is 4.74 Å². The van der Waals surface area contributed by atoms with Crippen LogP contribution in [0.1, 0.15) is 38.5 Å². The van der Waals surface area contributed by atoms with Crippen molar-refractivity contribution in [2.45, 2.75) is 39.0 Å². The molecule has 1 heterocycles. The first-order valence-electron chi connectivity index (χ1n) is 6.81. The van der Waals surface area contributed by atoms with Crippen LogP contribution in [0.4, 0.5) is 0 Å². The van der Waals surface area contributed by atoms with Gasteiger partial charge in [-0.05, 0) is 39.0 Å². The van der Waals surface area contributed by atoms with Crippen molar-refractivity contribution in [3.8, 4) is 5.75 Å². The normalized spacial score (nSPS) is 14.2.